The van der Waals surface area contributed by atoms with Crippen molar-refractivity contribution >= 4 is 0 Å². The zero-order chi connectivity index (χ0) is 15.6. The number of hydrogen-bond donors (Lipinski definition) is 2. The van der Waals surface area contributed by atoms with Crippen molar-refractivity contribution in [2.75, 3.05) is 32.8 Å². The summed E-state index contributed by atoms with van der Waals surface area (Å²) in [4.78, 5) is 2.06. The molecule has 2 N–H and O–H groups in total. The van der Waals surface area contributed by atoms with Gasteiger partial charge in [-0.15, -0.1) is 0 Å². The number of aliphatic hydroxyl groups is 1. The van der Waals surface area contributed by atoms with Crippen molar-refractivity contribution in [1.82, 2.24) is 10.2 Å². The molecule has 1 aliphatic heterocycles. The van der Waals surface area contributed by atoms with E-state index in [0.29, 0.717) is 18.7 Å². The van der Waals surface area contributed by atoms with Crippen molar-refractivity contribution in [3.63, 3.8) is 0 Å². The predicted octanol–water partition coefficient (Wildman–Crippen LogP) is 2.24. The van der Waals surface area contributed by atoms with E-state index in [0.717, 1.165) is 13.1 Å². The highest BCUT2D eigenvalue weighted by atomic mass is 19.1. The topological polar surface area (TPSA) is 35.5 Å². The fraction of sp³-hybridized carbons (Fsp3) is 0.625. The Kier molecular flexibility index (Phi) is 4.96. The minimum absolute atomic E-state index is 0.0796. The summed E-state index contributed by atoms with van der Waals surface area (Å²) >= 11 is 0. The zero-order valence-corrected chi connectivity index (χ0v) is 12.9. The van der Waals surface area contributed by atoms with Crippen LogP contribution in [0.25, 0.3) is 0 Å². The van der Waals surface area contributed by atoms with Crippen LogP contribution in [0.5, 0.6) is 0 Å². The van der Waals surface area contributed by atoms with Gasteiger partial charge in [-0.05, 0) is 18.6 Å². The molecule has 1 aromatic rings. The summed E-state index contributed by atoms with van der Waals surface area (Å²) in [7, 11) is 0. The number of nitrogens with one attached hydrogen (secondary N) is 1. The summed E-state index contributed by atoms with van der Waals surface area (Å²) in [6.07, 6.45) is 0. The molecule has 1 atom stereocenters. The van der Waals surface area contributed by atoms with Gasteiger partial charge in [0.15, 0.2) is 0 Å². The summed E-state index contributed by atoms with van der Waals surface area (Å²) in [6.45, 7) is 8.19. The monoisotopic (exact) mass is 298 g/mol. The van der Waals surface area contributed by atoms with E-state index in [4.69, 9.17) is 0 Å². The van der Waals surface area contributed by atoms with Crippen molar-refractivity contribution in [2.24, 2.45) is 5.41 Å². The summed E-state index contributed by atoms with van der Waals surface area (Å²) in [5.74, 6) is -1.04. The molecule has 2 rings (SSSR count). The van der Waals surface area contributed by atoms with Crippen LogP contribution in [0.3, 0.4) is 0 Å². The Labute approximate surface area is 125 Å². The second-order valence-corrected chi connectivity index (χ2v) is 6.43. The number of piperazine rings is 1. The first kappa shape index (κ1) is 16.3. The lowest BCUT2D eigenvalue weighted by atomic mass is 9.79. The Balaban J connectivity index is 2.52. The van der Waals surface area contributed by atoms with Gasteiger partial charge < -0.3 is 10.4 Å². The first-order chi connectivity index (χ1) is 9.88. The smallest absolute Gasteiger partial charge is 0.133 e. The molecule has 0 radical (unpaired) electrons. The van der Waals surface area contributed by atoms with Crippen LogP contribution in [0, 0.1) is 24.0 Å². The Morgan fingerprint density at radius 2 is 1.90 bits per heavy atom. The Hall–Kier alpha value is -1.04. The molecule has 1 heterocycles. The van der Waals surface area contributed by atoms with Gasteiger partial charge in [0.2, 0.25) is 0 Å². The fourth-order valence-corrected chi connectivity index (χ4v) is 3.02. The van der Waals surface area contributed by atoms with Gasteiger partial charge in [0.1, 0.15) is 11.6 Å². The fourth-order valence-electron chi connectivity index (χ4n) is 3.02. The molecular formula is C16H24F2N2O. The van der Waals surface area contributed by atoms with Crippen molar-refractivity contribution in [3.8, 4) is 0 Å². The summed E-state index contributed by atoms with van der Waals surface area (Å²) < 4.78 is 28.9. The number of aryl methyl sites for hydroxylation is 1. The Morgan fingerprint density at radius 3 is 2.48 bits per heavy atom. The number of nitrogens with zero attached hydrogens (tertiary/aromatic N) is 1. The number of halogens is 2. The molecule has 0 aromatic heterocycles. The minimum Gasteiger partial charge on any atom is -0.396 e. The van der Waals surface area contributed by atoms with Gasteiger partial charge in [-0.2, -0.15) is 0 Å². The quantitative estimate of drug-likeness (QED) is 0.895. The highest BCUT2D eigenvalue weighted by Crippen LogP contribution is 2.41. The third kappa shape index (κ3) is 3.25. The third-order valence-corrected chi connectivity index (χ3v) is 4.26. The van der Waals surface area contributed by atoms with E-state index >= 15 is 0 Å². The van der Waals surface area contributed by atoms with E-state index in [9.17, 15) is 13.9 Å². The first-order valence-electron chi connectivity index (χ1n) is 7.38. The number of aliphatic hydroxyl groups excluding tert-OH is 1. The second-order valence-electron chi connectivity index (χ2n) is 6.43. The largest absolute Gasteiger partial charge is 0.396 e. The van der Waals surface area contributed by atoms with E-state index in [1.807, 2.05) is 13.8 Å². The van der Waals surface area contributed by atoms with Gasteiger partial charge in [0.05, 0.1) is 0 Å². The van der Waals surface area contributed by atoms with E-state index in [1.54, 1.807) is 6.92 Å². The lowest BCUT2D eigenvalue weighted by Crippen LogP contribution is -2.50. The summed E-state index contributed by atoms with van der Waals surface area (Å²) in [6, 6.07) is 2.29. The van der Waals surface area contributed by atoms with Crippen LogP contribution in [0.15, 0.2) is 12.1 Å². The van der Waals surface area contributed by atoms with Crippen LogP contribution < -0.4 is 5.32 Å². The molecule has 21 heavy (non-hydrogen) atoms. The van der Waals surface area contributed by atoms with Crippen LogP contribution >= 0.6 is 0 Å². The minimum atomic E-state index is -0.632. The van der Waals surface area contributed by atoms with Crippen molar-refractivity contribution in [3.05, 3.63) is 34.9 Å². The molecule has 0 saturated carbocycles. The van der Waals surface area contributed by atoms with Crippen LogP contribution in [0.2, 0.25) is 0 Å². The molecule has 118 valence electrons. The number of rotatable bonds is 4. The van der Waals surface area contributed by atoms with Crippen LogP contribution in [0.1, 0.15) is 31.0 Å². The molecule has 3 nitrogen and oxygen atoms in total. The number of benzene rings is 1. The third-order valence-electron chi connectivity index (χ3n) is 4.26. The Bertz CT molecular complexity index is 499. The molecule has 0 spiro atoms. The molecule has 1 fully saturated rings. The van der Waals surface area contributed by atoms with E-state index in [-0.39, 0.29) is 12.2 Å². The van der Waals surface area contributed by atoms with E-state index in [2.05, 4.69) is 10.2 Å². The highest BCUT2D eigenvalue weighted by Gasteiger charge is 2.39. The van der Waals surface area contributed by atoms with Gasteiger partial charge in [-0.3, -0.25) is 4.90 Å². The average molecular weight is 298 g/mol. The van der Waals surface area contributed by atoms with Gasteiger partial charge in [-0.1, -0.05) is 19.9 Å². The van der Waals surface area contributed by atoms with Crippen LogP contribution in [-0.2, 0) is 0 Å². The van der Waals surface area contributed by atoms with Crippen molar-refractivity contribution in [2.45, 2.75) is 26.8 Å². The second kappa shape index (κ2) is 6.38. The molecule has 0 aliphatic carbocycles. The van der Waals surface area contributed by atoms with Gasteiger partial charge in [0, 0.05) is 49.8 Å². The van der Waals surface area contributed by atoms with Gasteiger partial charge in [0.25, 0.3) is 0 Å². The maximum Gasteiger partial charge on any atom is 0.133 e. The standard InChI is InChI=1S/C16H24F2N2O/c1-11-4-5-12(17)13(14(11)18)15(16(2,3)10-21)20-8-6-19-7-9-20/h4-5,15,19,21H,6-10H2,1-3H3/t15-/m0/s1. The molecule has 1 saturated heterocycles. The first-order valence-corrected chi connectivity index (χ1v) is 7.38. The van der Waals surface area contributed by atoms with Crippen LogP contribution in [-0.4, -0.2) is 42.8 Å². The van der Waals surface area contributed by atoms with Crippen molar-refractivity contribution < 1.29 is 13.9 Å². The van der Waals surface area contributed by atoms with Crippen LogP contribution in [0.4, 0.5) is 8.78 Å². The normalized spacial score (nSPS) is 18.8. The average Bonchev–Trinajstić information content (AvgIpc) is 2.48. The number of hydrogen-bond acceptors (Lipinski definition) is 3. The van der Waals surface area contributed by atoms with E-state index < -0.39 is 23.1 Å². The summed E-state index contributed by atoms with van der Waals surface area (Å²) in [5.41, 5.74) is -0.122. The van der Waals surface area contributed by atoms with Crippen molar-refractivity contribution in [1.29, 1.82) is 0 Å². The highest BCUT2D eigenvalue weighted by molar-refractivity contribution is 5.31. The lowest BCUT2D eigenvalue weighted by Gasteiger charge is -2.43. The molecular weight excluding hydrogens is 274 g/mol. The zero-order valence-electron chi connectivity index (χ0n) is 12.9. The molecule has 0 bridgehead atoms. The predicted molar refractivity (Wildman–Crippen MR) is 79.1 cm³/mol. The molecule has 1 aromatic carbocycles. The lowest BCUT2D eigenvalue weighted by molar-refractivity contribution is 0.0265. The maximum absolute atomic E-state index is 14.6. The maximum atomic E-state index is 14.6. The molecule has 1 aliphatic rings. The molecule has 5 heteroatoms. The van der Waals surface area contributed by atoms with E-state index in [1.165, 1.54) is 12.1 Å². The molecule has 0 unspecified atom stereocenters. The molecule has 0 amide bonds. The SMILES string of the molecule is Cc1ccc(F)c([C@H](N2CCNCC2)C(C)(C)CO)c1F. The summed E-state index contributed by atoms with van der Waals surface area (Å²) in [5, 5.41) is 13.0. The van der Waals surface area contributed by atoms with Gasteiger partial charge >= 0.3 is 0 Å². The van der Waals surface area contributed by atoms with Gasteiger partial charge in [-0.25, -0.2) is 8.78 Å². The Morgan fingerprint density at radius 1 is 1.29 bits per heavy atom.